The molecule has 0 spiro atoms. The molecule has 0 aliphatic rings. The number of terminal acetylenes is 1. The van der Waals surface area contributed by atoms with Gasteiger partial charge < -0.3 is 0 Å². The predicted octanol–water partition coefficient (Wildman–Crippen LogP) is 1.93. The molecule has 1 aromatic carbocycles. The Bertz CT molecular complexity index is 310. The molecule has 0 amide bonds. The van der Waals surface area contributed by atoms with Gasteiger partial charge >= 0.3 is 0 Å². The lowest BCUT2D eigenvalue weighted by Crippen LogP contribution is -2.21. The van der Waals surface area contributed by atoms with Crippen molar-refractivity contribution in [1.29, 1.82) is 0 Å². The van der Waals surface area contributed by atoms with Crippen LogP contribution in [0.25, 0.3) is 0 Å². The summed E-state index contributed by atoms with van der Waals surface area (Å²) in [7, 11) is 1.98. The van der Waals surface area contributed by atoms with Crippen LogP contribution in [-0.2, 0) is 6.42 Å². The van der Waals surface area contributed by atoms with Gasteiger partial charge in [0.05, 0.1) is 6.54 Å². The van der Waals surface area contributed by atoms with Crippen LogP contribution in [0.15, 0.2) is 24.3 Å². The van der Waals surface area contributed by atoms with Gasteiger partial charge in [0, 0.05) is 6.54 Å². The van der Waals surface area contributed by atoms with Crippen molar-refractivity contribution in [3.63, 3.8) is 0 Å². The molecule has 0 saturated heterocycles. The highest BCUT2D eigenvalue weighted by molar-refractivity contribution is 5.16. The SMILES string of the molecule is C#CCN(C)CCc1ccc(F)cc1. The molecule has 0 fully saturated rings. The summed E-state index contributed by atoms with van der Waals surface area (Å²) in [6.45, 7) is 1.55. The molecule has 0 unspecified atom stereocenters. The molecule has 0 heterocycles. The minimum absolute atomic E-state index is 0.189. The topological polar surface area (TPSA) is 3.24 Å². The molecule has 0 aliphatic heterocycles. The van der Waals surface area contributed by atoms with Crippen molar-refractivity contribution in [2.45, 2.75) is 6.42 Å². The van der Waals surface area contributed by atoms with E-state index in [0.717, 1.165) is 18.5 Å². The van der Waals surface area contributed by atoms with Gasteiger partial charge in [-0.3, -0.25) is 4.90 Å². The van der Waals surface area contributed by atoms with Gasteiger partial charge in [0.25, 0.3) is 0 Å². The van der Waals surface area contributed by atoms with E-state index in [1.807, 2.05) is 7.05 Å². The van der Waals surface area contributed by atoms with Crippen LogP contribution < -0.4 is 0 Å². The van der Waals surface area contributed by atoms with Crippen molar-refractivity contribution in [3.05, 3.63) is 35.6 Å². The highest BCUT2D eigenvalue weighted by Gasteiger charge is 1.97. The Morgan fingerprint density at radius 1 is 1.36 bits per heavy atom. The number of nitrogens with zero attached hydrogens (tertiary/aromatic N) is 1. The normalized spacial score (nSPS) is 10.1. The Balaban J connectivity index is 2.39. The average Bonchev–Trinajstić information content (AvgIpc) is 2.17. The molecular formula is C12H14FN. The third kappa shape index (κ3) is 3.59. The first-order chi connectivity index (χ1) is 6.72. The van der Waals surface area contributed by atoms with Crippen molar-refractivity contribution in [3.8, 4) is 12.3 Å². The van der Waals surface area contributed by atoms with Crippen LogP contribution >= 0.6 is 0 Å². The van der Waals surface area contributed by atoms with Crippen molar-refractivity contribution in [2.75, 3.05) is 20.1 Å². The van der Waals surface area contributed by atoms with Crippen molar-refractivity contribution >= 4 is 0 Å². The van der Waals surface area contributed by atoms with Crippen LogP contribution in [0.3, 0.4) is 0 Å². The van der Waals surface area contributed by atoms with Crippen LogP contribution in [0.5, 0.6) is 0 Å². The lowest BCUT2D eigenvalue weighted by atomic mass is 10.1. The van der Waals surface area contributed by atoms with Crippen molar-refractivity contribution in [1.82, 2.24) is 4.90 Å². The second-order valence-corrected chi connectivity index (χ2v) is 3.32. The summed E-state index contributed by atoms with van der Waals surface area (Å²) in [5, 5.41) is 0. The van der Waals surface area contributed by atoms with Crippen LogP contribution in [-0.4, -0.2) is 25.0 Å². The molecule has 0 bridgehead atoms. The van der Waals surface area contributed by atoms with Gasteiger partial charge in [-0.05, 0) is 31.2 Å². The standard InChI is InChI=1S/C12H14FN/c1-3-9-14(2)10-8-11-4-6-12(13)7-5-11/h1,4-7H,8-10H2,2H3. The zero-order valence-corrected chi connectivity index (χ0v) is 8.33. The first kappa shape index (κ1) is 10.7. The Kier molecular flexibility index (Phi) is 4.15. The lowest BCUT2D eigenvalue weighted by molar-refractivity contribution is 0.381. The van der Waals surface area contributed by atoms with Gasteiger partial charge in [0.2, 0.25) is 0 Å². The monoisotopic (exact) mass is 191 g/mol. The first-order valence-corrected chi connectivity index (χ1v) is 4.59. The maximum atomic E-state index is 12.6. The van der Waals surface area contributed by atoms with Crippen LogP contribution in [0, 0.1) is 18.2 Å². The third-order valence-corrected chi connectivity index (χ3v) is 2.06. The highest BCUT2D eigenvalue weighted by atomic mass is 19.1. The van der Waals surface area contributed by atoms with Gasteiger partial charge in [-0.25, -0.2) is 4.39 Å². The van der Waals surface area contributed by atoms with E-state index < -0.39 is 0 Å². The minimum Gasteiger partial charge on any atom is -0.295 e. The molecule has 0 atom stereocenters. The average molecular weight is 191 g/mol. The summed E-state index contributed by atoms with van der Waals surface area (Å²) >= 11 is 0. The summed E-state index contributed by atoms with van der Waals surface area (Å²) in [6, 6.07) is 6.57. The molecule has 0 saturated carbocycles. The first-order valence-electron chi connectivity index (χ1n) is 4.59. The Labute approximate surface area is 84.5 Å². The van der Waals surface area contributed by atoms with E-state index in [9.17, 15) is 4.39 Å². The van der Waals surface area contributed by atoms with Crippen LogP contribution in [0.2, 0.25) is 0 Å². The van der Waals surface area contributed by atoms with Gasteiger partial charge in [-0.15, -0.1) is 6.42 Å². The third-order valence-electron chi connectivity index (χ3n) is 2.06. The van der Waals surface area contributed by atoms with Crippen molar-refractivity contribution < 1.29 is 4.39 Å². The maximum absolute atomic E-state index is 12.6. The quantitative estimate of drug-likeness (QED) is 0.657. The van der Waals surface area contributed by atoms with Gasteiger partial charge in [-0.1, -0.05) is 18.1 Å². The fourth-order valence-electron chi connectivity index (χ4n) is 1.21. The molecular weight excluding hydrogens is 177 g/mol. The molecule has 1 nitrogen and oxygen atoms in total. The maximum Gasteiger partial charge on any atom is 0.123 e. The summed E-state index contributed by atoms with van der Waals surface area (Å²) in [5.74, 6) is 2.39. The molecule has 74 valence electrons. The highest BCUT2D eigenvalue weighted by Crippen LogP contribution is 2.03. The largest absolute Gasteiger partial charge is 0.295 e. The molecule has 0 N–H and O–H groups in total. The predicted molar refractivity (Wildman–Crippen MR) is 56.4 cm³/mol. The lowest BCUT2D eigenvalue weighted by Gasteiger charge is -2.12. The second-order valence-electron chi connectivity index (χ2n) is 3.32. The van der Waals surface area contributed by atoms with E-state index in [1.54, 1.807) is 12.1 Å². The Morgan fingerprint density at radius 3 is 2.57 bits per heavy atom. The second kappa shape index (κ2) is 5.41. The molecule has 1 aromatic rings. The fraction of sp³-hybridized carbons (Fsp3) is 0.333. The molecule has 0 aromatic heterocycles. The van der Waals surface area contributed by atoms with Gasteiger partial charge in [-0.2, -0.15) is 0 Å². The Hall–Kier alpha value is -1.33. The molecule has 2 heteroatoms. The molecule has 14 heavy (non-hydrogen) atoms. The smallest absolute Gasteiger partial charge is 0.123 e. The van der Waals surface area contributed by atoms with E-state index in [1.165, 1.54) is 12.1 Å². The number of likely N-dealkylation sites (N-methyl/N-ethyl adjacent to an activating group) is 1. The molecule has 0 aliphatic carbocycles. The van der Waals surface area contributed by atoms with Crippen LogP contribution in [0.4, 0.5) is 4.39 Å². The van der Waals surface area contributed by atoms with E-state index in [0.29, 0.717) is 6.54 Å². The van der Waals surface area contributed by atoms with Crippen molar-refractivity contribution in [2.24, 2.45) is 0 Å². The zero-order chi connectivity index (χ0) is 10.4. The Morgan fingerprint density at radius 2 is 2.00 bits per heavy atom. The summed E-state index contributed by atoms with van der Waals surface area (Å²) < 4.78 is 12.6. The summed E-state index contributed by atoms with van der Waals surface area (Å²) in [4.78, 5) is 2.06. The van der Waals surface area contributed by atoms with Gasteiger partial charge in [0.15, 0.2) is 0 Å². The zero-order valence-electron chi connectivity index (χ0n) is 8.33. The number of rotatable bonds is 4. The van der Waals surface area contributed by atoms with E-state index in [2.05, 4.69) is 10.8 Å². The summed E-state index contributed by atoms with van der Waals surface area (Å²) in [5.41, 5.74) is 1.13. The van der Waals surface area contributed by atoms with E-state index in [4.69, 9.17) is 6.42 Å². The number of hydrogen-bond acceptors (Lipinski definition) is 1. The minimum atomic E-state index is -0.189. The fourth-order valence-corrected chi connectivity index (χ4v) is 1.21. The van der Waals surface area contributed by atoms with Gasteiger partial charge in [0.1, 0.15) is 5.82 Å². The molecule has 0 radical (unpaired) electrons. The van der Waals surface area contributed by atoms with E-state index in [-0.39, 0.29) is 5.82 Å². The number of halogens is 1. The number of benzene rings is 1. The molecule has 1 rings (SSSR count). The van der Waals surface area contributed by atoms with E-state index >= 15 is 0 Å². The summed E-state index contributed by atoms with van der Waals surface area (Å²) in [6.07, 6.45) is 6.08. The van der Waals surface area contributed by atoms with Crippen LogP contribution in [0.1, 0.15) is 5.56 Å². The number of hydrogen-bond donors (Lipinski definition) is 0.